The van der Waals surface area contributed by atoms with Crippen LogP contribution in [0.25, 0.3) is 0 Å². The number of benzene rings is 2. The summed E-state index contributed by atoms with van der Waals surface area (Å²) in [5.74, 6) is 0.275. The van der Waals surface area contributed by atoms with Crippen LogP contribution in [0.5, 0.6) is 0 Å². The van der Waals surface area contributed by atoms with Crippen LogP contribution >= 0.6 is 0 Å². The second-order valence-electron chi connectivity index (χ2n) is 6.69. The Hall–Kier alpha value is -1.64. The van der Waals surface area contributed by atoms with Crippen molar-refractivity contribution in [1.29, 1.82) is 0 Å². The molecule has 0 saturated heterocycles. The SMILES string of the molecule is CC[C@@H](O)C(c1ccccc1)(c1ccccc1)[C@H](C)CN(C)C. The summed E-state index contributed by atoms with van der Waals surface area (Å²) in [4.78, 5) is 2.20. The van der Waals surface area contributed by atoms with E-state index in [9.17, 15) is 5.11 Å². The molecule has 124 valence electrons. The molecule has 2 rings (SSSR count). The summed E-state index contributed by atoms with van der Waals surface area (Å²) in [6, 6.07) is 20.9. The third-order valence-electron chi connectivity index (χ3n) is 4.83. The van der Waals surface area contributed by atoms with Crippen LogP contribution in [0.1, 0.15) is 31.4 Å². The van der Waals surface area contributed by atoms with Crippen LogP contribution in [0.4, 0.5) is 0 Å². The molecule has 0 aliphatic rings. The fourth-order valence-electron chi connectivity index (χ4n) is 3.89. The van der Waals surface area contributed by atoms with Gasteiger partial charge in [0.05, 0.1) is 6.10 Å². The highest BCUT2D eigenvalue weighted by Crippen LogP contribution is 2.43. The average Bonchev–Trinajstić information content (AvgIpc) is 2.56. The highest BCUT2D eigenvalue weighted by atomic mass is 16.3. The molecule has 0 aliphatic heterocycles. The van der Waals surface area contributed by atoms with Gasteiger partial charge >= 0.3 is 0 Å². The molecule has 23 heavy (non-hydrogen) atoms. The Bertz CT molecular complexity index is 540. The molecule has 2 aromatic carbocycles. The first-order chi connectivity index (χ1) is 11.0. The summed E-state index contributed by atoms with van der Waals surface area (Å²) in [6.45, 7) is 5.23. The minimum Gasteiger partial charge on any atom is -0.392 e. The number of hydrogen-bond acceptors (Lipinski definition) is 2. The van der Waals surface area contributed by atoms with E-state index in [0.717, 1.165) is 13.0 Å². The van der Waals surface area contributed by atoms with Crippen LogP contribution in [0.3, 0.4) is 0 Å². The Balaban J connectivity index is 2.68. The summed E-state index contributed by atoms with van der Waals surface area (Å²) >= 11 is 0. The zero-order valence-electron chi connectivity index (χ0n) is 14.7. The predicted molar refractivity (Wildman–Crippen MR) is 97.7 cm³/mol. The molecule has 2 atom stereocenters. The van der Waals surface area contributed by atoms with Crippen molar-refractivity contribution in [1.82, 2.24) is 4.90 Å². The second kappa shape index (κ2) is 7.76. The second-order valence-corrected chi connectivity index (χ2v) is 6.69. The normalized spacial score (nSPS) is 14.7. The molecule has 0 amide bonds. The van der Waals surface area contributed by atoms with Gasteiger partial charge in [-0.05, 0) is 37.6 Å². The van der Waals surface area contributed by atoms with Crippen molar-refractivity contribution < 1.29 is 5.11 Å². The van der Waals surface area contributed by atoms with Gasteiger partial charge in [0.1, 0.15) is 0 Å². The van der Waals surface area contributed by atoms with Gasteiger partial charge in [-0.15, -0.1) is 0 Å². The summed E-state index contributed by atoms with van der Waals surface area (Å²) in [5, 5.41) is 11.1. The minimum atomic E-state index is -0.428. The van der Waals surface area contributed by atoms with Gasteiger partial charge in [-0.25, -0.2) is 0 Å². The van der Waals surface area contributed by atoms with Gasteiger partial charge in [-0.2, -0.15) is 0 Å². The molecule has 1 N–H and O–H groups in total. The predicted octanol–water partition coefficient (Wildman–Crippen LogP) is 3.94. The van der Waals surface area contributed by atoms with Gasteiger partial charge in [0, 0.05) is 12.0 Å². The van der Waals surface area contributed by atoms with E-state index in [1.165, 1.54) is 11.1 Å². The summed E-state index contributed by atoms with van der Waals surface area (Å²) < 4.78 is 0. The van der Waals surface area contributed by atoms with Crippen LogP contribution < -0.4 is 0 Å². The Morgan fingerprint density at radius 3 is 1.70 bits per heavy atom. The molecule has 0 unspecified atom stereocenters. The van der Waals surface area contributed by atoms with Gasteiger partial charge in [0.25, 0.3) is 0 Å². The quantitative estimate of drug-likeness (QED) is 0.837. The fraction of sp³-hybridized carbons (Fsp3) is 0.429. The van der Waals surface area contributed by atoms with E-state index in [0.29, 0.717) is 0 Å². The lowest BCUT2D eigenvalue weighted by molar-refractivity contribution is 0.0580. The van der Waals surface area contributed by atoms with Crippen molar-refractivity contribution in [3.63, 3.8) is 0 Å². The maximum Gasteiger partial charge on any atom is 0.0677 e. The van der Waals surface area contributed by atoms with Crippen LogP contribution in [0.2, 0.25) is 0 Å². The maximum atomic E-state index is 11.1. The lowest BCUT2D eigenvalue weighted by Crippen LogP contribution is -2.49. The highest BCUT2D eigenvalue weighted by molar-refractivity contribution is 5.42. The molecule has 2 heteroatoms. The molecular weight excluding hydrogens is 282 g/mol. The molecule has 2 nitrogen and oxygen atoms in total. The van der Waals surface area contributed by atoms with Crippen molar-refractivity contribution in [2.24, 2.45) is 5.92 Å². The Labute approximate surface area is 140 Å². The van der Waals surface area contributed by atoms with Gasteiger partial charge < -0.3 is 10.0 Å². The third kappa shape index (κ3) is 3.49. The summed E-state index contributed by atoms with van der Waals surface area (Å²) in [7, 11) is 4.19. The average molecular weight is 311 g/mol. The number of nitrogens with zero attached hydrogens (tertiary/aromatic N) is 1. The van der Waals surface area contributed by atoms with Crippen LogP contribution in [0, 0.1) is 5.92 Å². The first-order valence-electron chi connectivity index (χ1n) is 8.47. The van der Waals surface area contributed by atoms with Crippen molar-refractivity contribution in [2.75, 3.05) is 20.6 Å². The van der Waals surface area contributed by atoms with Crippen molar-refractivity contribution in [3.8, 4) is 0 Å². The first kappa shape index (κ1) is 17.7. The zero-order valence-corrected chi connectivity index (χ0v) is 14.7. The molecular formula is C21H29NO. The lowest BCUT2D eigenvalue weighted by Gasteiger charge is -2.45. The van der Waals surface area contributed by atoms with E-state index in [1.54, 1.807) is 0 Å². The standard InChI is InChI=1S/C21H29NO/c1-5-20(23)21(17(2)16-22(3)4,18-12-8-6-9-13-18)19-14-10-7-11-15-19/h6-15,17,20,23H,5,16H2,1-4H3/t17-,20-/m1/s1. The lowest BCUT2D eigenvalue weighted by atomic mass is 9.62. The Morgan fingerprint density at radius 2 is 1.35 bits per heavy atom. The smallest absolute Gasteiger partial charge is 0.0677 e. The van der Waals surface area contributed by atoms with Crippen molar-refractivity contribution >= 4 is 0 Å². The van der Waals surface area contributed by atoms with E-state index in [-0.39, 0.29) is 5.92 Å². The molecule has 0 bridgehead atoms. The van der Waals surface area contributed by atoms with Crippen molar-refractivity contribution in [2.45, 2.75) is 31.8 Å². The van der Waals surface area contributed by atoms with Gasteiger partial charge in [-0.1, -0.05) is 74.5 Å². The zero-order chi connectivity index (χ0) is 16.9. The summed E-state index contributed by atoms with van der Waals surface area (Å²) in [6.07, 6.45) is 0.295. The van der Waals surface area contributed by atoms with E-state index in [1.807, 2.05) is 12.1 Å². The monoisotopic (exact) mass is 311 g/mol. The van der Waals surface area contributed by atoms with Crippen LogP contribution in [0.15, 0.2) is 60.7 Å². The largest absolute Gasteiger partial charge is 0.392 e. The Morgan fingerprint density at radius 1 is 0.913 bits per heavy atom. The van der Waals surface area contributed by atoms with E-state index >= 15 is 0 Å². The molecule has 0 spiro atoms. The molecule has 0 aromatic heterocycles. The van der Waals surface area contributed by atoms with E-state index in [2.05, 4.69) is 81.4 Å². The number of rotatable bonds is 7. The Kier molecular flexibility index (Phi) is 5.97. The van der Waals surface area contributed by atoms with Gasteiger partial charge in [-0.3, -0.25) is 0 Å². The topological polar surface area (TPSA) is 23.5 Å². The van der Waals surface area contributed by atoms with E-state index < -0.39 is 11.5 Å². The van der Waals surface area contributed by atoms with Gasteiger partial charge in [0.15, 0.2) is 0 Å². The summed E-state index contributed by atoms with van der Waals surface area (Å²) in [5.41, 5.74) is 1.98. The molecule has 2 aromatic rings. The van der Waals surface area contributed by atoms with E-state index in [4.69, 9.17) is 0 Å². The molecule has 0 radical (unpaired) electrons. The maximum absolute atomic E-state index is 11.1. The number of aliphatic hydroxyl groups excluding tert-OH is 1. The first-order valence-corrected chi connectivity index (χ1v) is 8.47. The van der Waals surface area contributed by atoms with Crippen molar-refractivity contribution in [3.05, 3.63) is 71.8 Å². The molecule has 0 saturated carbocycles. The van der Waals surface area contributed by atoms with Gasteiger partial charge in [0.2, 0.25) is 0 Å². The van der Waals surface area contributed by atoms with Crippen LogP contribution in [-0.2, 0) is 5.41 Å². The number of hydrogen-bond donors (Lipinski definition) is 1. The molecule has 0 aliphatic carbocycles. The fourth-order valence-corrected chi connectivity index (χ4v) is 3.89. The number of aliphatic hydroxyl groups is 1. The molecule has 0 fully saturated rings. The minimum absolute atomic E-state index is 0.275. The highest BCUT2D eigenvalue weighted by Gasteiger charge is 2.45. The van der Waals surface area contributed by atoms with Crippen LogP contribution in [-0.4, -0.2) is 36.8 Å². The third-order valence-corrected chi connectivity index (χ3v) is 4.83. The molecule has 0 heterocycles.